The third-order valence-electron chi connectivity index (χ3n) is 2.33. The second kappa shape index (κ2) is 6.88. The first-order valence-electron chi connectivity index (χ1n) is 5.86. The van der Waals surface area contributed by atoms with Gasteiger partial charge in [-0.2, -0.15) is 0 Å². The Hall–Kier alpha value is -1.51. The molecule has 3 N–H and O–H groups in total. The number of nitrogens with one attached hydrogen (secondary N) is 1. The SMILES string of the molecule is CCCCCN=C(N)Nc1cccc(C)c1. The minimum absolute atomic E-state index is 0.502. The third kappa shape index (κ3) is 4.82. The highest BCUT2D eigenvalue weighted by molar-refractivity contribution is 5.92. The summed E-state index contributed by atoms with van der Waals surface area (Å²) < 4.78 is 0. The summed E-state index contributed by atoms with van der Waals surface area (Å²) >= 11 is 0. The van der Waals surface area contributed by atoms with Gasteiger partial charge in [-0.3, -0.25) is 4.99 Å². The van der Waals surface area contributed by atoms with Gasteiger partial charge < -0.3 is 11.1 Å². The summed E-state index contributed by atoms with van der Waals surface area (Å²) in [5.74, 6) is 0.502. The summed E-state index contributed by atoms with van der Waals surface area (Å²) in [6, 6.07) is 8.09. The van der Waals surface area contributed by atoms with Crippen molar-refractivity contribution in [2.45, 2.75) is 33.1 Å². The Balaban J connectivity index is 2.41. The highest BCUT2D eigenvalue weighted by Gasteiger charge is 1.94. The molecule has 3 nitrogen and oxygen atoms in total. The molecule has 0 aliphatic carbocycles. The molecule has 0 aliphatic heterocycles. The van der Waals surface area contributed by atoms with Crippen LogP contribution in [0.25, 0.3) is 0 Å². The number of nitrogens with two attached hydrogens (primary N) is 1. The van der Waals surface area contributed by atoms with Crippen LogP contribution in [0.3, 0.4) is 0 Å². The average molecular weight is 219 g/mol. The maximum Gasteiger partial charge on any atom is 0.193 e. The van der Waals surface area contributed by atoms with Crippen molar-refractivity contribution in [1.29, 1.82) is 0 Å². The quantitative estimate of drug-likeness (QED) is 0.454. The fourth-order valence-corrected chi connectivity index (χ4v) is 1.47. The molecule has 0 aromatic heterocycles. The maximum absolute atomic E-state index is 5.78. The zero-order valence-corrected chi connectivity index (χ0v) is 10.2. The van der Waals surface area contributed by atoms with Crippen molar-refractivity contribution in [3.05, 3.63) is 29.8 Å². The van der Waals surface area contributed by atoms with Crippen LogP contribution in [0.15, 0.2) is 29.3 Å². The van der Waals surface area contributed by atoms with Gasteiger partial charge >= 0.3 is 0 Å². The Bertz CT molecular complexity index is 345. The van der Waals surface area contributed by atoms with Gasteiger partial charge in [0.15, 0.2) is 5.96 Å². The molecule has 3 heteroatoms. The molecule has 16 heavy (non-hydrogen) atoms. The summed E-state index contributed by atoms with van der Waals surface area (Å²) in [6.07, 6.45) is 3.52. The number of unbranched alkanes of at least 4 members (excludes halogenated alkanes) is 2. The first-order chi connectivity index (χ1) is 7.72. The van der Waals surface area contributed by atoms with Gasteiger partial charge in [-0.1, -0.05) is 31.9 Å². The molecule has 0 radical (unpaired) electrons. The van der Waals surface area contributed by atoms with Crippen LogP contribution >= 0.6 is 0 Å². The van der Waals surface area contributed by atoms with Gasteiger partial charge in [0.05, 0.1) is 0 Å². The molecule has 0 spiro atoms. The molecule has 1 aromatic rings. The van der Waals surface area contributed by atoms with Gasteiger partial charge in [0.1, 0.15) is 0 Å². The highest BCUT2D eigenvalue weighted by Crippen LogP contribution is 2.08. The predicted octanol–water partition coefficient (Wildman–Crippen LogP) is 2.91. The molecular weight excluding hydrogens is 198 g/mol. The smallest absolute Gasteiger partial charge is 0.193 e. The molecule has 0 fully saturated rings. The van der Waals surface area contributed by atoms with Gasteiger partial charge in [-0.05, 0) is 31.0 Å². The van der Waals surface area contributed by atoms with E-state index in [1.54, 1.807) is 0 Å². The van der Waals surface area contributed by atoms with Crippen LogP contribution in [-0.4, -0.2) is 12.5 Å². The van der Waals surface area contributed by atoms with E-state index in [2.05, 4.69) is 36.3 Å². The molecule has 0 aliphatic rings. The largest absolute Gasteiger partial charge is 0.370 e. The van der Waals surface area contributed by atoms with Crippen LogP contribution in [0.2, 0.25) is 0 Å². The van der Waals surface area contributed by atoms with Gasteiger partial charge in [0, 0.05) is 12.2 Å². The van der Waals surface area contributed by atoms with Crippen molar-refractivity contribution in [3.63, 3.8) is 0 Å². The van der Waals surface area contributed by atoms with Gasteiger partial charge in [-0.15, -0.1) is 0 Å². The fraction of sp³-hybridized carbons (Fsp3) is 0.462. The first-order valence-corrected chi connectivity index (χ1v) is 5.86. The second-order valence-electron chi connectivity index (χ2n) is 3.97. The molecule has 1 rings (SSSR count). The van der Waals surface area contributed by atoms with Gasteiger partial charge in [0.25, 0.3) is 0 Å². The molecule has 88 valence electrons. The summed E-state index contributed by atoms with van der Waals surface area (Å²) in [4.78, 5) is 4.27. The number of aliphatic imine (C=N–C) groups is 1. The molecule has 0 heterocycles. The molecule has 0 amide bonds. The van der Waals surface area contributed by atoms with Crippen molar-refractivity contribution in [2.75, 3.05) is 11.9 Å². The number of benzene rings is 1. The lowest BCUT2D eigenvalue weighted by Crippen LogP contribution is -2.22. The highest BCUT2D eigenvalue weighted by atomic mass is 15.1. The zero-order valence-electron chi connectivity index (χ0n) is 10.2. The van der Waals surface area contributed by atoms with Gasteiger partial charge in [0.2, 0.25) is 0 Å². The predicted molar refractivity (Wildman–Crippen MR) is 70.8 cm³/mol. The van der Waals surface area contributed by atoms with Crippen LogP contribution in [0, 0.1) is 6.92 Å². The monoisotopic (exact) mass is 219 g/mol. The summed E-state index contributed by atoms with van der Waals surface area (Å²) in [7, 11) is 0. The van der Waals surface area contributed by atoms with E-state index in [4.69, 9.17) is 5.73 Å². The second-order valence-corrected chi connectivity index (χ2v) is 3.97. The van der Waals surface area contributed by atoms with E-state index >= 15 is 0 Å². The van der Waals surface area contributed by atoms with E-state index in [-0.39, 0.29) is 0 Å². The van der Waals surface area contributed by atoms with Crippen molar-refractivity contribution in [1.82, 2.24) is 0 Å². The summed E-state index contributed by atoms with van der Waals surface area (Å²) in [6.45, 7) is 5.04. The van der Waals surface area contributed by atoms with Crippen molar-refractivity contribution in [3.8, 4) is 0 Å². The molecule has 0 saturated heterocycles. The number of nitrogens with zero attached hydrogens (tertiary/aromatic N) is 1. The van der Waals surface area contributed by atoms with E-state index < -0.39 is 0 Å². The Morgan fingerprint density at radius 2 is 2.19 bits per heavy atom. The standard InChI is InChI=1S/C13H21N3/c1-3-4-5-9-15-13(14)16-12-8-6-7-11(2)10-12/h6-8,10H,3-5,9H2,1-2H3,(H3,14,15,16). The number of rotatable bonds is 5. The third-order valence-corrected chi connectivity index (χ3v) is 2.33. The lowest BCUT2D eigenvalue weighted by atomic mass is 10.2. The van der Waals surface area contributed by atoms with Crippen LogP contribution < -0.4 is 11.1 Å². The summed E-state index contributed by atoms with van der Waals surface area (Å²) in [5.41, 5.74) is 7.99. The number of guanidine groups is 1. The number of hydrogen-bond donors (Lipinski definition) is 2. The lowest BCUT2D eigenvalue weighted by molar-refractivity contribution is 0.727. The van der Waals surface area contributed by atoms with Crippen molar-refractivity contribution >= 4 is 11.6 Å². The Kier molecular flexibility index (Phi) is 5.40. The molecule has 0 atom stereocenters. The van der Waals surface area contributed by atoms with Crippen LogP contribution in [0.4, 0.5) is 5.69 Å². The van der Waals surface area contributed by atoms with Crippen LogP contribution in [-0.2, 0) is 0 Å². The minimum atomic E-state index is 0.502. The molecule has 0 unspecified atom stereocenters. The van der Waals surface area contributed by atoms with Crippen molar-refractivity contribution < 1.29 is 0 Å². The number of hydrogen-bond acceptors (Lipinski definition) is 1. The van der Waals surface area contributed by atoms with Crippen molar-refractivity contribution in [2.24, 2.45) is 10.7 Å². The van der Waals surface area contributed by atoms with Gasteiger partial charge in [-0.25, -0.2) is 0 Å². The molecular formula is C13H21N3. The Morgan fingerprint density at radius 1 is 1.38 bits per heavy atom. The number of aryl methyl sites for hydroxylation is 1. The Morgan fingerprint density at radius 3 is 2.88 bits per heavy atom. The average Bonchev–Trinajstić information content (AvgIpc) is 2.24. The van der Waals surface area contributed by atoms with E-state index in [0.29, 0.717) is 5.96 Å². The van der Waals surface area contributed by atoms with E-state index in [9.17, 15) is 0 Å². The topological polar surface area (TPSA) is 50.4 Å². The summed E-state index contributed by atoms with van der Waals surface area (Å²) in [5, 5.41) is 3.09. The zero-order chi connectivity index (χ0) is 11.8. The Labute approximate surface area is 97.8 Å². The van der Waals surface area contributed by atoms with Crippen LogP contribution in [0.5, 0.6) is 0 Å². The first kappa shape index (κ1) is 12.6. The van der Waals surface area contributed by atoms with Crippen LogP contribution in [0.1, 0.15) is 31.7 Å². The maximum atomic E-state index is 5.78. The molecule has 0 bridgehead atoms. The van der Waals surface area contributed by atoms with E-state index in [1.807, 2.05) is 12.1 Å². The number of anilines is 1. The normalized spacial score (nSPS) is 11.5. The molecule has 0 saturated carbocycles. The van der Waals surface area contributed by atoms with E-state index in [1.165, 1.54) is 18.4 Å². The fourth-order valence-electron chi connectivity index (χ4n) is 1.47. The molecule has 1 aromatic carbocycles. The van der Waals surface area contributed by atoms with E-state index in [0.717, 1.165) is 18.7 Å². The minimum Gasteiger partial charge on any atom is -0.370 e. The lowest BCUT2D eigenvalue weighted by Gasteiger charge is -2.06.